The zero-order chi connectivity index (χ0) is 22.3. The van der Waals surface area contributed by atoms with E-state index < -0.39 is 0 Å². The summed E-state index contributed by atoms with van der Waals surface area (Å²) in [7, 11) is 3.34. The van der Waals surface area contributed by atoms with Crippen molar-refractivity contribution in [1.29, 1.82) is 0 Å². The summed E-state index contributed by atoms with van der Waals surface area (Å²) in [4.78, 5) is 11.8. The van der Waals surface area contributed by atoms with Crippen molar-refractivity contribution >= 4 is 5.91 Å². The van der Waals surface area contributed by atoms with Gasteiger partial charge in [-0.15, -0.1) is 0 Å². The van der Waals surface area contributed by atoms with Crippen molar-refractivity contribution in [3.8, 4) is 0 Å². The van der Waals surface area contributed by atoms with Crippen LogP contribution >= 0.6 is 0 Å². The molecule has 2 N–H and O–H groups in total. The van der Waals surface area contributed by atoms with Gasteiger partial charge in [0.15, 0.2) is 0 Å². The van der Waals surface area contributed by atoms with Gasteiger partial charge in [0.25, 0.3) is 0 Å². The van der Waals surface area contributed by atoms with Crippen molar-refractivity contribution in [3.05, 3.63) is 12.2 Å². The lowest BCUT2D eigenvalue weighted by Crippen LogP contribution is -2.40. The zero-order valence-corrected chi connectivity index (χ0v) is 20.0. The average Bonchev–Trinajstić information content (AvgIpc) is 2.75. The molecule has 0 fully saturated rings. The van der Waals surface area contributed by atoms with Crippen LogP contribution in [0.25, 0.3) is 0 Å². The average molecular weight is 428 g/mol. The molecular weight excluding hydrogens is 378 g/mol. The first-order valence-electron chi connectivity index (χ1n) is 12.2. The molecule has 0 aliphatic carbocycles. The maximum absolute atomic E-state index is 11.8. The van der Waals surface area contributed by atoms with Crippen LogP contribution in [0.2, 0.25) is 0 Å². The van der Waals surface area contributed by atoms with E-state index >= 15 is 0 Å². The Hall–Kier alpha value is -0.910. The van der Waals surface area contributed by atoms with Gasteiger partial charge >= 0.3 is 0 Å². The molecule has 0 heterocycles. The molecule has 0 spiro atoms. The summed E-state index contributed by atoms with van der Waals surface area (Å²) >= 11 is 0. The van der Waals surface area contributed by atoms with E-state index in [1.54, 1.807) is 14.2 Å². The van der Waals surface area contributed by atoms with E-state index in [-0.39, 0.29) is 24.7 Å². The molecule has 0 aromatic carbocycles. The number of ether oxygens (including phenoxy) is 2. The molecule has 5 heteroatoms. The van der Waals surface area contributed by atoms with Crippen molar-refractivity contribution in [2.75, 3.05) is 27.4 Å². The molecule has 5 nitrogen and oxygen atoms in total. The second kappa shape index (κ2) is 22.8. The molecule has 0 aromatic heterocycles. The van der Waals surface area contributed by atoms with Crippen LogP contribution in [0.1, 0.15) is 103 Å². The molecule has 178 valence electrons. The highest BCUT2D eigenvalue weighted by Crippen LogP contribution is 2.14. The highest BCUT2D eigenvalue weighted by Gasteiger charge is 2.10. The smallest absolute Gasteiger partial charge is 0.220 e. The number of aliphatic hydroxyl groups is 1. The summed E-state index contributed by atoms with van der Waals surface area (Å²) in [6.45, 7) is 2.49. The summed E-state index contributed by atoms with van der Waals surface area (Å²) in [5.41, 5.74) is 0. The minimum absolute atomic E-state index is 0.0556. The second-order valence-corrected chi connectivity index (χ2v) is 8.33. The van der Waals surface area contributed by atoms with E-state index in [1.807, 2.05) is 0 Å². The van der Waals surface area contributed by atoms with Crippen LogP contribution in [0, 0.1) is 0 Å². The van der Waals surface area contributed by atoms with Gasteiger partial charge in [-0.1, -0.05) is 89.7 Å². The quantitative estimate of drug-likeness (QED) is 0.175. The van der Waals surface area contributed by atoms with Crippen molar-refractivity contribution in [3.63, 3.8) is 0 Å². The Morgan fingerprint density at radius 3 is 2.07 bits per heavy atom. The maximum Gasteiger partial charge on any atom is 0.220 e. The molecule has 0 rings (SSSR count). The van der Waals surface area contributed by atoms with Gasteiger partial charge in [-0.3, -0.25) is 4.79 Å². The predicted octanol–water partition coefficient (Wildman–Crippen LogP) is 5.55. The number of carbonyl (C=O) groups excluding carboxylic acids is 1. The third kappa shape index (κ3) is 19.1. The normalized spacial score (nSPS) is 13.6. The first-order valence-corrected chi connectivity index (χ1v) is 12.2. The fraction of sp³-hybridized carbons (Fsp3) is 0.880. The summed E-state index contributed by atoms with van der Waals surface area (Å²) in [5.74, 6) is -0.0556. The lowest BCUT2D eigenvalue weighted by Gasteiger charge is -2.14. The van der Waals surface area contributed by atoms with Crippen LogP contribution < -0.4 is 5.32 Å². The third-order valence-electron chi connectivity index (χ3n) is 5.52. The van der Waals surface area contributed by atoms with Crippen LogP contribution in [0.5, 0.6) is 0 Å². The highest BCUT2D eigenvalue weighted by molar-refractivity contribution is 5.76. The number of nitrogens with one attached hydrogen (secondary N) is 1. The second-order valence-electron chi connectivity index (χ2n) is 8.33. The maximum atomic E-state index is 11.8. The zero-order valence-electron chi connectivity index (χ0n) is 20.0. The number of allylic oxidation sites excluding steroid dienone is 1. The summed E-state index contributed by atoms with van der Waals surface area (Å²) in [5, 5.41) is 11.9. The van der Waals surface area contributed by atoms with Crippen LogP contribution in [0.4, 0.5) is 0 Å². The number of hydrogen-bond acceptors (Lipinski definition) is 4. The first kappa shape index (κ1) is 29.1. The van der Waals surface area contributed by atoms with Gasteiger partial charge in [0.1, 0.15) is 0 Å². The van der Waals surface area contributed by atoms with Gasteiger partial charge in [0.05, 0.1) is 25.4 Å². The number of amides is 1. The van der Waals surface area contributed by atoms with Crippen LogP contribution in [-0.2, 0) is 14.3 Å². The number of unbranched alkanes of at least 4 members (excludes halogenated alkanes) is 10. The molecule has 0 aliphatic heterocycles. The van der Waals surface area contributed by atoms with E-state index in [2.05, 4.69) is 24.4 Å². The molecule has 0 saturated carbocycles. The van der Waals surface area contributed by atoms with Crippen LogP contribution in [0.15, 0.2) is 12.2 Å². The van der Waals surface area contributed by atoms with Crippen LogP contribution in [-0.4, -0.2) is 50.6 Å². The lowest BCUT2D eigenvalue weighted by atomic mass is 10.0. The molecule has 2 atom stereocenters. The van der Waals surface area contributed by atoms with E-state index in [0.29, 0.717) is 19.4 Å². The Morgan fingerprint density at radius 2 is 1.53 bits per heavy atom. The largest absolute Gasteiger partial charge is 0.394 e. The van der Waals surface area contributed by atoms with Crippen molar-refractivity contribution in [1.82, 2.24) is 5.32 Å². The molecule has 0 saturated heterocycles. The van der Waals surface area contributed by atoms with Crippen molar-refractivity contribution < 1.29 is 19.4 Å². The Morgan fingerprint density at radius 1 is 0.933 bits per heavy atom. The van der Waals surface area contributed by atoms with Gasteiger partial charge in [0.2, 0.25) is 5.91 Å². The van der Waals surface area contributed by atoms with Gasteiger partial charge in [-0.25, -0.2) is 0 Å². The number of methoxy groups -OCH3 is 2. The fourth-order valence-electron chi connectivity index (χ4n) is 3.59. The Labute approximate surface area is 186 Å². The van der Waals surface area contributed by atoms with E-state index in [1.165, 1.54) is 70.6 Å². The standard InChI is InChI=1S/C25H49NO4/c1-4-5-6-7-8-9-10-11-12-13-15-18-24(30-3)19-16-14-17-20-25(28)26-23(21-27)22-29-2/h14,16,23-24,27H,4-13,15,17-22H2,1-3H3,(H,26,28)/b16-14+/t23-,24-/m0/s1. The Kier molecular flexibility index (Phi) is 22.1. The summed E-state index contributed by atoms with van der Waals surface area (Å²) < 4.78 is 10.5. The Bertz CT molecular complexity index is 401. The number of carbonyl (C=O) groups is 1. The molecule has 0 bridgehead atoms. The third-order valence-corrected chi connectivity index (χ3v) is 5.52. The van der Waals surface area contributed by atoms with Crippen molar-refractivity contribution in [2.24, 2.45) is 0 Å². The SMILES string of the molecule is CCCCCCCCCCCCC[C@@H](C/C=C/CCC(=O)N[C@@H](CO)COC)OC. The highest BCUT2D eigenvalue weighted by atomic mass is 16.5. The lowest BCUT2D eigenvalue weighted by molar-refractivity contribution is -0.122. The predicted molar refractivity (Wildman–Crippen MR) is 126 cm³/mol. The van der Waals surface area contributed by atoms with E-state index in [9.17, 15) is 4.79 Å². The molecule has 0 aliphatic rings. The summed E-state index contributed by atoms with van der Waals surface area (Å²) in [6, 6.07) is -0.324. The molecule has 0 radical (unpaired) electrons. The van der Waals surface area contributed by atoms with Crippen molar-refractivity contribution in [2.45, 2.75) is 115 Å². The topological polar surface area (TPSA) is 67.8 Å². The molecule has 0 aromatic rings. The number of rotatable bonds is 22. The van der Waals surface area contributed by atoms with Gasteiger partial charge in [0, 0.05) is 20.6 Å². The molecule has 1 amide bonds. The Balaban J connectivity index is 3.63. The minimum atomic E-state index is -0.324. The number of hydrogen-bond donors (Lipinski definition) is 2. The minimum Gasteiger partial charge on any atom is -0.394 e. The monoisotopic (exact) mass is 427 g/mol. The van der Waals surface area contributed by atoms with E-state index in [0.717, 1.165) is 12.8 Å². The molecule has 0 unspecified atom stereocenters. The molecular formula is C25H49NO4. The van der Waals surface area contributed by atoms with Gasteiger partial charge < -0.3 is 19.9 Å². The first-order chi connectivity index (χ1) is 14.7. The van der Waals surface area contributed by atoms with Crippen LogP contribution in [0.3, 0.4) is 0 Å². The van der Waals surface area contributed by atoms with E-state index in [4.69, 9.17) is 14.6 Å². The fourth-order valence-corrected chi connectivity index (χ4v) is 3.59. The van der Waals surface area contributed by atoms with Gasteiger partial charge in [-0.2, -0.15) is 0 Å². The summed E-state index contributed by atoms with van der Waals surface area (Å²) in [6.07, 6.45) is 22.6. The van der Waals surface area contributed by atoms with Gasteiger partial charge in [-0.05, 0) is 19.3 Å². The molecule has 30 heavy (non-hydrogen) atoms. The number of aliphatic hydroxyl groups excluding tert-OH is 1.